The lowest BCUT2D eigenvalue weighted by molar-refractivity contribution is 0.409. The van der Waals surface area contributed by atoms with Crippen molar-refractivity contribution < 1.29 is 0 Å². The molecule has 3 heteroatoms. The largest absolute Gasteiger partial charge is 0.381 e. The third kappa shape index (κ3) is 3.23. The standard InChI is InChI=1S/C14H21BrN2/c1-9-6-10(2)14(13(15)7-9)17-12-5-3-4-11(16)8-12/h6-7,11-12,17H,3-5,8,16H2,1-2H3. The molecule has 94 valence electrons. The molecule has 0 aliphatic heterocycles. The van der Waals surface area contributed by atoms with Crippen LogP contribution in [-0.2, 0) is 0 Å². The van der Waals surface area contributed by atoms with Gasteiger partial charge >= 0.3 is 0 Å². The summed E-state index contributed by atoms with van der Waals surface area (Å²) in [5.74, 6) is 0. The predicted octanol–water partition coefficient (Wildman–Crippen LogP) is 3.75. The number of benzene rings is 1. The van der Waals surface area contributed by atoms with Gasteiger partial charge in [-0.05, 0) is 72.7 Å². The van der Waals surface area contributed by atoms with Gasteiger partial charge in [0.2, 0.25) is 0 Å². The van der Waals surface area contributed by atoms with E-state index in [0.29, 0.717) is 12.1 Å². The van der Waals surface area contributed by atoms with Crippen LogP contribution in [0.3, 0.4) is 0 Å². The highest BCUT2D eigenvalue weighted by Crippen LogP contribution is 2.30. The molecule has 2 unspecified atom stereocenters. The monoisotopic (exact) mass is 296 g/mol. The molecule has 0 spiro atoms. The highest BCUT2D eigenvalue weighted by atomic mass is 79.9. The van der Waals surface area contributed by atoms with E-state index in [9.17, 15) is 0 Å². The molecule has 0 amide bonds. The Hall–Kier alpha value is -0.540. The molecule has 2 atom stereocenters. The van der Waals surface area contributed by atoms with Gasteiger partial charge in [0.1, 0.15) is 0 Å². The van der Waals surface area contributed by atoms with E-state index in [1.165, 1.54) is 36.1 Å². The topological polar surface area (TPSA) is 38.0 Å². The third-order valence-corrected chi connectivity index (χ3v) is 4.12. The van der Waals surface area contributed by atoms with E-state index in [-0.39, 0.29) is 0 Å². The van der Waals surface area contributed by atoms with Crippen LogP contribution in [0.2, 0.25) is 0 Å². The molecule has 0 bridgehead atoms. The minimum absolute atomic E-state index is 0.366. The molecular formula is C14H21BrN2. The lowest BCUT2D eigenvalue weighted by Gasteiger charge is -2.29. The molecule has 1 saturated carbocycles. The van der Waals surface area contributed by atoms with Gasteiger partial charge in [-0.15, -0.1) is 0 Å². The highest BCUT2D eigenvalue weighted by molar-refractivity contribution is 9.10. The SMILES string of the molecule is Cc1cc(C)c(NC2CCCC(N)C2)c(Br)c1. The van der Waals surface area contributed by atoms with Crippen molar-refractivity contribution in [3.8, 4) is 0 Å². The first kappa shape index (κ1) is 12.9. The minimum Gasteiger partial charge on any atom is -0.381 e. The summed E-state index contributed by atoms with van der Waals surface area (Å²) in [7, 11) is 0. The number of aryl methyl sites for hydroxylation is 2. The number of hydrogen-bond acceptors (Lipinski definition) is 2. The van der Waals surface area contributed by atoms with Crippen LogP contribution in [0.4, 0.5) is 5.69 Å². The van der Waals surface area contributed by atoms with E-state index < -0.39 is 0 Å². The summed E-state index contributed by atoms with van der Waals surface area (Å²) in [6.07, 6.45) is 4.72. The van der Waals surface area contributed by atoms with Crippen LogP contribution >= 0.6 is 15.9 Å². The van der Waals surface area contributed by atoms with Crippen LogP contribution in [-0.4, -0.2) is 12.1 Å². The molecule has 0 radical (unpaired) electrons. The molecule has 0 heterocycles. The van der Waals surface area contributed by atoms with E-state index in [2.05, 4.69) is 47.2 Å². The Kier molecular flexibility index (Phi) is 4.10. The zero-order valence-electron chi connectivity index (χ0n) is 10.6. The van der Waals surface area contributed by atoms with Crippen molar-refractivity contribution in [2.75, 3.05) is 5.32 Å². The maximum Gasteiger partial charge on any atom is 0.0516 e. The summed E-state index contributed by atoms with van der Waals surface area (Å²) < 4.78 is 1.16. The molecule has 1 aromatic carbocycles. The fraction of sp³-hybridized carbons (Fsp3) is 0.571. The molecule has 1 aromatic rings. The third-order valence-electron chi connectivity index (χ3n) is 3.49. The number of anilines is 1. The average molecular weight is 297 g/mol. The number of nitrogens with two attached hydrogens (primary N) is 1. The summed E-state index contributed by atoms with van der Waals surface area (Å²) in [6, 6.07) is 5.27. The maximum atomic E-state index is 6.03. The van der Waals surface area contributed by atoms with Crippen LogP contribution in [0.1, 0.15) is 36.8 Å². The summed E-state index contributed by atoms with van der Waals surface area (Å²) >= 11 is 3.65. The quantitative estimate of drug-likeness (QED) is 0.872. The van der Waals surface area contributed by atoms with Gasteiger partial charge in [0.15, 0.2) is 0 Å². The highest BCUT2D eigenvalue weighted by Gasteiger charge is 2.20. The first-order chi connectivity index (χ1) is 8.06. The Morgan fingerprint density at radius 2 is 2.06 bits per heavy atom. The molecule has 2 nitrogen and oxygen atoms in total. The van der Waals surface area contributed by atoms with Crippen molar-refractivity contribution in [1.29, 1.82) is 0 Å². The predicted molar refractivity (Wildman–Crippen MR) is 77.5 cm³/mol. The van der Waals surface area contributed by atoms with Crippen LogP contribution in [0.5, 0.6) is 0 Å². The van der Waals surface area contributed by atoms with Gasteiger partial charge in [0.05, 0.1) is 5.69 Å². The molecule has 2 rings (SSSR count). The number of halogens is 1. The fourth-order valence-electron chi connectivity index (χ4n) is 2.66. The fourth-order valence-corrected chi connectivity index (χ4v) is 3.45. The maximum absolute atomic E-state index is 6.03. The summed E-state index contributed by atoms with van der Waals surface area (Å²) in [4.78, 5) is 0. The Morgan fingerprint density at radius 1 is 1.29 bits per heavy atom. The zero-order valence-corrected chi connectivity index (χ0v) is 12.2. The van der Waals surface area contributed by atoms with Gasteiger partial charge in [0, 0.05) is 16.6 Å². The summed E-state index contributed by atoms with van der Waals surface area (Å²) in [5, 5.41) is 3.65. The van der Waals surface area contributed by atoms with E-state index in [1.54, 1.807) is 0 Å². The van der Waals surface area contributed by atoms with Crippen molar-refractivity contribution in [3.63, 3.8) is 0 Å². The number of nitrogens with one attached hydrogen (secondary N) is 1. The van der Waals surface area contributed by atoms with Crippen molar-refractivity contribution in [3.05, 3.63) is 27.7 Å². The lowest BCUT2D eigenvalue weighted by Crippen LogP contribution is -2.35. The molecule has 1 aliphatic rings. The number of hydrogen-bond donors (Lipinski definition) is 2. The normalized spacial score (nSPS) is 24.7. The van der Waals surface area contributed by atoms with E-state index in [0.717, 1.165) is 10.9 Å². The zero-order chi connectivity index (χ0) is 12.4. The average Bonchev–Trinajstić information content (AvgIpc) is 2.23. The molecule has 17 heavy (non-hydrogen) atoms. The van der Waals surface area contributed by atoms with Crippen LogP contribution < -0.4 is 11.1 Å². The van der Waals surface area contributed by atoms with Gasteiger partial charge in [0.25, 0.3) is 0 Å². The van der Waals surface area contributed by atoms with Crippen molar-refractivity contribution >= 4 is 21.6 Å². The van der Waals surface area contributed by atoms with Crippen LogP contribution in [0, 0.1) is 13.8 Å². The molecule has 3 N–H and O–H groups in total. The van der Waals surface area contributed by atoms with Gasteiger partial charge < -0.3 is 11.1 Å². The lowest BCUT2D eigenvalue weighted by atomic mass is 9.91. The molecule has 0 aromatic heterocycles. The van der Waals surface area contributed by atoms with Crippen LogP contribution in [0.15, 0.2) is 16.6 Å². The van der Waals surface area contributed by atoms with E-state index in [4.69, 9.17) is 5.73 Å². The van der Waals surface area contributed by atoms with E-state index >= 15 is 0 Å². The summed E-state index contributed by atoms with van der Waals surface area (Å²) in [6.45, 7) is 4.28. The van der Waals surface area contributed by atoms with Gasteiger partial charge in [-0.2, -0.15) is 0 Å². The van der Waals surface area contributed by atoms with E-state index in [1.807, 2.05) is 0 Å². The first-order valence-electron chi connectivity index (χ1n) is 6.35. The summed E-state index contributed by atoms with van der Waals surface area (Å²) in [5.41, 5.74) is 9.85. The van der Waals surface area contributed by atoms with Crippen molar-refractivity contribution in [2.45, 2.75) is 51.6 Å². The number of rotatable bonds is 2. The second-order valence-electron chi connectivity index (χ2n) is 5.21. The molecular weight excluding hydrogens is 276 g/mol. The second-order valence-corrected chi connectivity index (χ2v) is 6.06. The minimum atomic E-state index is 0.366. The van der Waals surface area contributed by atoms with Gasteiger partial charge in [-0.25, -0.2) is 0 Å². The second kappa shape index (κ2) is 5.40. The van der Waals surface area contributed by atoms with Crippen LogP contribution in [0.25, 0.3) is 0 Å². The van der Waals surface area contributed by atoms with Gasteiger partial charge in [-0.1, -0.05) is 6.07 Å². The Bertz CT molecular complexity index is 380. The smallest absolute Gasteiger partial charge is 0.0516 e. The molecule has 1 fully saturated rings. The van der Waals surface area contributed by atoms with Crippen molar-refractivity contribution in [2.24, 2.45) is 5.73 Å². The Labute approximate surface area is 112 Å². The Balaban J connectivity index is 2.12. The molecule has 1 aliphatic carbocycles. The first-order valence-corrected chi connectivity index (χ1v) is 7.14. The Morgan fingerprint density at radius 3 is 2.71 bits per heavy atom. The molecule has 0 saturated heterocycles. The van der Waals surface area contributed by atoms with Gasteiger partial charge in [-0.3, -0.25) is 0 Å². The van der Waals surface area contributed by atoms with Crippen molar-refractivity contribution in [1.82, 2.24) is 0 Å².